The van der Waals surface area contributed by atoms with Crippen molar-refractivity contribution in [2.45, 2.75) is 17.5 Å². The topological polar surface area (TPSA) is 26.0 Å². The smallest absolute Gasteiger partial charge is 0.313 e. The van der Waals surface area contributed by atoms with Gasteiger partial charge in [0, 0.05) is 0 Å². The standard InChI is InChI=1S/C7H8F3NS/c8-7(9,10)5-2-1-3-6(11,12)4-5/h1-2,4,12H,3,11H2. The molecule has 1 atom stereocenters. The molecule has 0 radical (unpaired) electrons. The maximum atomic E-state index is 12.1. The molecule has 0 saturated carbocycles. The summed E-state index contributed by atoms with van der Waals surface area (Å²) in [5.74, 6) is 0. The second kappa shape index (κ2) is 2.81. The maximum Gasteiger partial charge on any atom is 0.416 e. The largest absolute Gasteiger partial charge is 0.416 e. The van der Waals surface area contributed by atoms with Gasteiger partial charge in [0.25, 0.3) is 0 Å². The molecular weight excluding hydrogens is 187 g/mol. The number of rotatable bonds is 0. The molecule has 0 spiro atoms. The Hall–Kier alpha value is -0.420. The van der Waals surface area contributed by atoms with Gasteiger partial charge < -0.3 is 5.73 Å². The van der Waals surface area contributed by atoms with Gasteiger partial charge in [-0.2, -0.15) is 25.8 Å². The van der Waals surface area contributed by atoms with Crippen LogP contribution in [-0.2, 0) is 0 Å². The summed E-state index contributed by atoms with van der Waals surface area (Å²) in [4.78, 5) is -1.17. The van der Waals surface area contributed by atoms with E-state index in [0.717, 1.165) is 12.2 Å². The molecule has 0 aromatic carbocycles. The Balaban J connectivity index is 2.92. The lowest BCUT2D eigenvalue weighted by molar-refractivity contribution is -0.0888. The van der Waals surface area contributed by atoms with E-state index in [9.17, 15) is 13.2 Å². The molecule has 0 bridgehead atoms. The Labute approximate surface area is 73.5 Å². The number of halogens is 3. The van der Waals surface area contributed by atoms with Crippen LogP contribution in [-0.4, -0.2) is 11.0 Å². The summed E-state index contributed by atoms with van der Waals surface area (Å²) >= 11 is 3.86. The van der Waals surface area contributed by atoms with Crippen LogP contribution in [0.1, 0.15) is 6.42 Å². The van der Waals surface area contributed by atoms with Crippen molar-refractivity contribution in [3.63, 3.8) is 0 Å². The van der Waals surface area contributed by atoms with Crippen LogP contribution in [0.2, 0.25) is 0 Å². The van der Waals surface area contributed by atoms with Crippen LogP contribution >= 0.6 is 12.6 Å². The number of allylic oxidation sites excluding steroid dienone is 2. The van der Waals surface area contributed by atoms with E-state index in [0.29, 0.717) is 6.42 Å². The highest BCUT2D eigenvalue weighted by Gasteiger charge is 2.35. The third-order valence-corrected chi connectivity index (χ3v) is 1.79. The van der Waals surface area contributed by atoms with E-state index in [4.69, 9.17) is 5.73 Å². The van der Waals surface area contributed by atoms with E-state index in [1.54, 1.807) is 0 Å². The number of hydrogen-bond acceptors (Lipinski definition) is 2. The minimum atomic E-state index is -4.33. The Morgan fingerprint density at radius 3 is 2.42 bits per heavy atom. The second-order valence-corrected chi connectivity index (χ2v) is 3.53. The Kier molecular flexibility index (Phi) is 2.27. The normalized spacial score (nSPS) is 30.2. The van der Waals surface area contributed by atoms with E-state index >= 15 is 0 Å². The molecule has 1 aliphatic rings. The van der Waals surface area contributed by atoms with Crippen molar-refractivity contribution in [2.24, 2.45) is 5.73 Å². The molecule has 2 N–H and O–H groups in total. The SMILES string of the molecule is NC1(S)C=C(C(F)(F)F)C=CC1. The number of alkyl halides is 3. The van der Waals surface area contributed by atoms with E-state index in [-0.39, 0.29) is 0 Å². The summed E-state index contributed by atoms with van der Waals surface area (Å²) < 4.78 is 36.2. The third kappa shape index (κ3) is 2.28. The van der Waals surface area contributed by atoms with Gasteiger partial charge >= 0.3 is 6.18 Å². The van der Waals surface area contributed by atoms with Crippen molar-refractivity contribution < 1.29 is 13.2 Å². The van der Waals surface area contributed by atoms with E-state index < -0.39 is 16.6 Å². The molecule has 1 nitrogen and oxygen atoms in total. The average molecular weight is 195 g/mol. The molecule has 1 unspecified atom stereocenters. The van der Waals surface area contributed by atoms with Gasteiger partial charge in [-0.3, -0.25) is 0 Å². The van der Waals surface area contributed by atoms with Gasteiger partial charge in [-0.15, -0.1) is 0 Å². The zero-order chi connectivity index (χ0) is 9.41. The lowest BCUT2D eigenvalue weighted by atomic mass is 10.0. The van der Waals surface area contributed by atoms with Gasteiger partial charge in [-0.25, -0.2) is 0 Å². The Bertz CT molecular complexity index is 236. The molecule has 0 amide bonds. The summed E-state index contributed by atoms with van der Waals surface area (Å²) in [6.45, 7) is 0. The van der Waals surface area contributed by atoms with Crippen molar-refractivity contribution in [3.8, 4) is 0 Å². The van der Waals surface area contributed by atoms with E-state index in [1.807, 2.05) is 0 Å². The van der Waals surface area contributed by atoms with E-state index in [2.05, 4.69) is 12.6 Å². The molecule has 12 heavy (non-hydrogen) atoms. The van der Waals surface area contributed by atoms with Gasteiger partial charge in [-0.1, -0.05) is 12.2 Å². The molecular formula is C7H8F3NS. The summed E-state index contributed by atoms with van der Waals surface area (Å²) in [6.07, 6.45) is -0.701. The lowest BCUT2D eigenvalue weighted by Gasteiger charge is -2.23. The summed E-state index contributed by atoms with van der Waals surface area (Å²) in [5.41, 5.74) is 4.67. The van der Waals surface area contributed by atoms with Crippen LogP contribution in [0.15, 0.2) is 23.8 Å². The molecule has 0 aliphatic heterocycles. The monoisotopic (exact) mass is 195 g/mol. The van der Waals surface area contributed by atoms with Crippen LogP contribution in [0.5, 0.6) is 0 Å². The predicted octanol–water partition coefficient (Wildman–Crippen LogP) is 2.02. The van der Waals surface area contributed by atoms with Gasteiger partial charge in [0.15, 0.2) is 0 Å². The molecule has 68 valence electrons. The van der Waals surface area contributed by atoms with Crippen molar-refractivity contribution >= 4 is 12.6 Å². The Morgan fingerprint density at radius 1 is 1.50 bits per heavy atom. The first kappa shape index (κ1) is 9.67. The molecule has 5 heteroatoms. The number of hydrogen-bond donors (Lipinski definition) is 2. The quantitative estimate of drug-likeness (QED) is 0.449. The van der Waals surface area contributed by atoms with Crippen LogP contribution in [0, 0.1) is 0 Å². The van der Waals surface area contributed by atoms with Gasteiger partial charge in [0.05, 0.1) is 10.4 Å². The molecule has 0 fully saturated rings. The fourth-order valence-electron chi connectivity index (χ4n) is 0.927. The van der Waals surface area contributed by atoms with Crippen molar-refractivity contribution in [3.05, 3.63) is 23.8 Å². The number of nitrogens with two attached hydrogens (primary N) is 1. The van der Waals surface area contributed by atoms with Gasteiger partial charge in [0.2, 0.25) is 0 Å². The first-order valence-electron chi connectivity index (χ1n) is 3.29. The molecule has 0 saturated heterocycles. The second-order valence-electron chi connectivity index (χ2n) is 2.70. The Morgan fingerprint density at radius 2 is 2.08 bits per heavy atom. The zero-order valence-corrected chi connectivity index (χ0v) is 6.99. The highest BCUT2D eigenvalue weighted by molar-refractivity contribution is 7.82. The summed E-state index contributed by atoms with van der Waals surface area (Å²) in [5, 5.41) is 0. The average Bonchev–Trinajstić information content (AvgIpc) is 1.83. The van der Waals surface area contributed by atoms with Gasteiger partial charge in [0.1, 0.15) is 0 Å². The van der Waals surface area contributed by atoms with Crippen molar-refractivity contribution in [1.82, 2.24) is 0 Å². The minimum Gasteiger partial charge on any atom is -0.313 e. The summed E-state index contributed by atoms with van der Waals surface area (Å²) in [7, 11) is 0. The molecule has 1 aliphatic carbocycles. The van der Waals surface area contributed by atoms with Crippen LogP contribution in [0.4, 0.5) is 13.2 Å². The lowest BCUT2D eigenvalue weighted by Crippen LogP contribution is -2.33. The molecule has 0 heterocycles. The van der Waals surface area contributed by atoms with Crippen LogP contribution < -0.4 is 5.73 Å². The minimum absolute atomic E-state index is 0.315. The molecule has 1 rings (SSSR count). The zero-order valence-electron chi connectivity index (χ0n) is 6.10. The highest BCUT2D eigenvalue weighted by atomic mass is 32.1. The first-order valence-corrected chi connectivity index (χ1v) is 3.74. The number of thiol groups is 1. The first-order chi connectivity index (χ1) is 5.31. The maximum absolute atomic E-state index is 12.1. The summed E-state index contributed by atoms with van der Waals surface area (Å²) in [6, 6.07) is 0. The fraction of sp³-hybridized carbons (Fsp3) is 0.429. The predicted molar refractivity (Wildman–Crippen MR) is 43.8 cm³/mol. The van der Waals surface area contributed by atoms with Crippen molar-refractivity contribution in [2.75, 3.05) is 0 Å². The highest BCUT2D eigenvalue weighted by Crippen LogP contribution is 2.32. The van der Waals surface area contributed by atoms with Crippen molar-refractivity contribution in [1.29, 1.82) is 0 Å². The molecule has 0 aromatic rings. The van der Waals surface area contributed by atoms with E-state index in [1.165, 1.54) is 6.08 Å². The fourth-order valence-corrected chi connectivity index (χ4v) is 1.17. The van der Waals surface area contributed by atoms with Gasteiger partial charge in [-0.05, 0) is 12.5 Å². The van der Waals surface area contributed by atoms with Crippen LogP contribution in [0.25, 0.3) is 0 Å². The molecule has 0 aromatic heterocycles. The van der Waals surface area contributed by atoms with Crippen LogP contribution in [0.3, 0.4) is 0 Å². The third-order valence-electron chi connectivity index (χ3n) is 1.48.